The molecule has 1 saturated heterocycles. The predicted octanol–water partition coefficient (Wildman–Crippen LogP) is 3.25. The normalized spacial score (nSPS) is 13.8. The number of carbonyl (C=O) groups is 1. The average Bonchev–Trinajstić information content (AvgIpc) is 3.21. The van der Waals surface area contributed by atoms with Gasteiger partial charge in [0.2, 0.25) is 0 Å². The van der Waals surface area contributed by atoms with E-state index in [0.29, 0.717) is 11.4 Å². The highest BCUT2D eigenvalue weighted by molar-refractivity contribution is 5.96. The van der Waals surface area contributed by atoms with Crippen LogP contribution < -0.4 is 15.0 Å². The Morgan fingerprint density at radius 2 is 1.88 bits per heavy atom. The fraction of sp³-hybridized carbons (Fsp3) is 0.250. The van der Waals surface area contributed by atoms with Crippen molar-refractivity contribution in [1.29, 1.82) is 0 Å². The van der Waals surface area contributed by atoms with Crippen LogP contribution in [0.3, 0.4) is 0 Å². The number of amides is 1. The Labute approximate surface area is 151 Å². The Kier molecular flexibility index (Phi) is 4.64. The van der Waals surface area contributed by atoms with Gasteiger partial charge in [-0.2, -0.15) is 0 Å². The number of anilines is 2. The molecule has 1 aromatic heterocycles. The summed E-state index contributed by atoms with van der Waals surface area (Å²) in [5, 5.41) is 3.86. The van der Waals surface area contributed by atoms with Crippen molar-refractivity contribution in [2.75, 3.05) is 29.9 Å². The van der Waals surface area contributed by atoms with Gasteiger partial charge in [-0.1, -0.05) is 18.2 Å². The van der Waals surface area contributed by atoms with Gasteiger partial charge in [-0.3, -0.25) is 4.79 Å². The maximum absolute atomic E-state index is 12.1. The molecule has 4 rings (SSSR count). The topological polar surface area (TPSA) is 67.3 Å². The van der Waals surface area contributed by atoms with E-state index >= 15 is 0 Å². The third kappa shape index (κ3) is 3.59. The van der Waals surface area contributed by atoms with Crippen LogP contribution in [0.1, 0.15) is 12.8 Å². The molecule has 0 unspecified atom stereocenters. The summed E-state index contributed by atoms with van der Waals surface area (Å²) in [6, 6.07) is 15.0. The zero-order valence-electron chi connectivity index (χ0n) is 14.4. The molecular formula is C20H20N4O2. The molecule has 1 aliphatic heterocycles. The molecule has 1 N–H and O–H groups in total. The molecular weight excluding hydrogens is 328 g/mol. The highest BCUT2D eigenvalue weighted by atomic mass is 16.5. The van der Waals surface area contributed by atoms with Crippen LogP contribution in [0, 0.1) is 0 Å². The number of nitrogens with one attached hydrogen (secondary N) is 1. The number of fused-ring (bicyclic) bond motifs is 1. The molecule has 0 radical (unpaired) electrons. The van der Waals surface area contributed by atoms with Gasteiger partial charge < -0.3 is 15.0 Å². The smallest absolute Gasteiger partial charge is 0.262 e. The van der Waals surface area contributed by atoms with E-state index in [1.807, 2.05) is 48.5 Å². The fourth-order valence-corrected chi connectivity index (χ4v) is 3.16. The largest absolute Gasteiger partial charge is 0.484 e. The Morgan fingerprint density at radius 3 is 2.69 bits per heavy atom. The molecule has 0 atom stereocenters. The maximum atomic E-state index is 12.1. The molecule has 0 aliphatic carbocycles. The summed E-state index contributed by atoms with van der Waals surface area (Å²) in [7, 11) is 0. The lowest BCUT2D eigenvalue weighted by Gasteiger charge is -2.18. The van der Waals surface area contributed by atoms with Gasteiger partial charge >= 0.3 is 0 Å². The highest BCUT2D eigenvalue weighted by Crippen LogP contribution is 2.27. The molecule has 3 aromatic rings. The van der Waals surface area contributed by atoms with E-state index in [0.717, 1.165) is 29.8 Å². The van der Waals surface area contributed by atoms with Gasteiger partial charge in [0.1, 0.15) is 17.9 Å². The first-order valence-corrected chi connectivity index (χ1v) is 8.77. The van der Waals surface area contributed by atoms with Crippen molar-refractivity contribution in [2.24, 2.45) is 0 Å². The van der Waals surface area contributed by atoms with Crippen LogP contribution in [0.2, 0.25) is 0 Å². The van der Waals surface area contributed by atoms with Crippen LogP contribution >= 0.6 is 0 Å². The monoisotopic (exact) mass is 348 g/mol. The molecule has 6 nitrogen and oxygen atoms in total. The van der Waals surface area contributed by atoms with Crippen molar-refractivity contribution >= 4 is 28.3 Å². The first kappa shape index (κ1) is 16.3. The molecule has 1 aliphatic rings. The van der Waals surface area contributed by atoms with Crippen LogP contribution in [0.25, 0.3) is 10.9 Å². The first-order chi connectivity index (χ1) is 12.8. The summed E-state index contributed by atoms with van der Waals surface area (Å²) in [5.74, 6) is 1.43. The van der Waals surface area contributed by atoms with Gasteiger partial charge in [-0.25, -0.2) is 9.97 Å². The second-order valence-corrected chi connectivity index (χ2v) is 6.27. The lowest BCUT2D eigenvalue weighted by molar-refractivity contribution is -0.118. The Hall–Kier alpha value is -3.15. The van der Waals surface area contributed by atoms with E-state index < -0.39 is 0 Å². The number of carbonyl (C=O) groups excluding carboxylic acids is 1. The zero-order valence-corrected chi connectivity index (χ0v) is 14.4. The summed E-state index contributed by atoms with van der Waals surface area (Å²) in [5.41, 5.74) is 1.52. The number of rotatable bonds is 5. The summed E-state index contributed by atoms with van der Waals surface area (Å²) >= 11 is 0. The molecule has 2 heterocycles. The molecule has 6 heteroatoms. The minimum atomic E-state index is -0.206. The fourth-order valence-electron chi connectivity index (χ4n) is 3.16. The second-order valence-electron chi connectivity index (χ2n) is 6.27. The van der Waals surface area contributed by atoms with Crippen molar-refractivity contribution in [2.45, 2.75) is 12.8 Å². The van der Waals surface area contributed by atoms with Crippen molar-refractivity contribution in [1.82, 2.24) is 9.97 Å². The standard InChI is InChI=1S/C20H20N4O2/c25-19(13-26-16-6-2-1-3-7-16)23-15-8-9-17-18(12-15)21-14-22-20(17)24-10-4-5-11-24/h1-3,6-9,12,14H,4-5,10-11,13H2,(H,23,25). The Bertz CT molecular complexity index is 908. The van der Waals surface area contributed by atoms with E-state index in [4.69, 9.17) is 4.74 Å². The number of para-hydroxylation sites is 1. The number of benzene rings is 2. The van der Waals surface area contributed by atoms with Gasteiger partial charge in [-0.15, -0.1) is 0 Å². The minimum Gasteiger partial charge on any atom is -0.484 e. The van der Waals surface area contributed by atoms with Crippen molar-refractivity contribution in [3.05, 3.63) is 54.9 Å². The molecule has 0 bridgehead atoms. The van der Waals surface area contributed by atoms with E-state index in [1.165, 1.54) is 12.8 Å². The van der Waals surface area contributed by atoms with Crippen molar-refractivity contribution in [3.63, 3.8) is 0 Å². The number of hydrogen-bond acceptors (Lipinski definition) is 5. The number of hydrogen-bond donors (Lipinski definition) is 1. The predicted molar refractivity (Wildman–Crippen MR) is 102 cm³/mol. The van der Waals surface area contributed by atoms with E-state index in [-0.39, 0.29) is 12.5 Å². The Morgan fingerprint density at radius 1 is 1.08 bits per heavy atom. The van der Waals surface area contributed by atoms with Gasteiger partial charge in [0.05, 0.1) is 5.52 Å². The van der Waals surface area contributed by atoms with Crippen LogP contribution in [0.15, 0.2) is 54.9 Å². The summed E-state index contributed by atoms with van der Waals surface area (Å²) < 4.78 is 5.47. The lowest BCUT2D eigenvalue weighted by Crippen LogP contribution is -2.20. The minimum absolute atomic E-state index is 0.0369. The number of aromatic nitrogens is 2. The second kappa shape index (κ2) is 7.39. The number of nitrogens with zero attached hydrogens (tertiary/aromatic N) is 3. The zero-order chi connectivity index (χ0) is 17.8. The number of ether oxygens (including phenoxy) is 1. The highest BCUT2D eigenvalue weighted by Gasteiger charge is 2.16. The van der Waals surface area contributed by atoms with Gasteiger partial charge in [0, 0.05) is 24.2 Å². The van der Waals surface area contributed by atoms with E-state index in [1.54, 1.807) is 6.33 Å². The maximum Gasteiger partial charge on any atom is 0.262 e. The quantitative estimate of drug-likeness (QED) is 0.767. The molecule has 1 amide bonds. The van der Waals surface area contributed by atoms with Gasteiger partial charge in [0.15, 0.2) is 6.61 Å². The van der Waals surface area contributed by atoms with Crippen LogP contribution in [-0.2, 0) is 4.79 Å². The summed E-state index contributed by atoms with van der Waals surface area (Å²) in [4.78, 5) is 23.2. The molecule has 26 heavy (non-hydrogen) atoms. The summed E-state index contributed by atoms with van der Waals surface area (Å²) in [6.45, 7) is 2.02. The molecule has 132 valence electrons. The van der Waals surface area contributed by atoms with E-state index in [9.17, 15) is 4.79 Å². The average molecular weight is 348 g/mol. The van der Waals surface area contributed by atoms with Crippen molar-refractivity contribution in [3.8, 4) is 5.75 Å². The Balaban J connectivity index is 1.46. The molecule has 0 saturated carbocycles. The van der Waals surface area contributed by atoms with Gasteiger partial charge in [0.25, 0.3) is 5.91 Å². The molecule has 1 fully saturated rings. The van der Waals surface area contributed by atoms with Crippen LogP contribution in [0.4, 0.5) is 11.5 Å². The molecule has 2 aromatic carbocycles. The van der Waals surface area contributed by atoms with Crippen LogP contribution in [0.5, 0.6) is 5.75 Å². The third-order valence-electron chi connectivity index (χ3n) is 4.42. The SMILES string of the molecule is O=C(COc1ccccc1)Nc1ccc2c(N3CCCC3)ncnc2c1. The van der Waals surface area contributed by atoms with Crippen molar-refractivity contribution < 1.29 is 9.53 Å². The lowest BCUT2D eigenvalue weighted by atomic mass is 10.2. The first-order valence-electron chi connectivity index (χ1n) is 8.77. The van der Waals surface area contributed by atoms with E-state index in [2.05, 4.69) is 20.2 Å². The summed E-state index contributed by atoms with van der Waals surface area (Å²) in [6.07, 6.45) is 3.97. The molecule has 0 spiro atoms. The van der Waals surface area contributed by atoms with Crippen LogP contribution in [-0.4, -0.2) is 35.6 Å². The van der Waals surface area contributed by atoms with Gasteiger partial charge in [-0.05, 0) is 43.2 Å². The third-order valence-corrected chi connectivity index (χ3v) is 4.42.